The zero-order valence-electron chi connectivity index (χ0n) is 12.0. The van der Waals surface area contributed by atoms with Gasteiger partial charge in [-0.25, -0.2) is 18.1 Å². The summed E-state index contributed by atoms with van der Waals surface area (Å²) in [7, 11) is -3.35. The molecule has 0 aliphatic rings. The van der Waals surface area contributed by atoms with E-state index in [-0.39, 0.29) is 24.3 Å². The molecular weight excluding hydrogens is 300 g/mol. The average molecular weight is 321 g/mol. The molecule has 1 aromatic rings. The Morgan fingerprint density at radius 1 is 1.40 bits per heavy atom. The topological polar surface area (TPSA) is 68.3 Å². The molecule has 0 saturated carbocycles. The summed E-state index contributed by atoms with van der Waals surface area (Å²) in [4.78, 5) is 4.12. The van der Waals surface area contributed by atoms with Crippen LogP contribution in [0.5, 0.6) is 5.88 Å². The highest BCUT2D eigenvalue weighted by Gasteiger charge is 2.16. The molecule has 0 spiro atoms. The molecule has 114 valence electrons. The predicted molar refractivity (Wildman–Crippen MR) is 80.5 cm³/mol. The van der Waals surface area contributed by atoms with Gasteiger partial charge >= 0.3 is 0 Å². The van der Waals surface area contributed by atoms with Crippen molar-refractivity contribution in [2.75, 3.05) is 11.6 Å². The van der Waals surface area contributed by atoms with Gasteiger partial charge in [0.1, 0.15) is 0 Å². The van der Waals surface area contributed by atoms with E-state index < -0.39 is 10.0 Å². The minimum Gasteiger partial charge on any atom is -0.475 e. The number of hydrogen-bond acceptors (Lipinski definition) is 4. The number of sulfonamides is 1. The van der Waals surface area contributed by atoms with E-state index >= 15 is 0 Å². The van der Waals surface area contributed by atoms with Gasteiger partial charge in [-0.2, -0.15) is 0 Å². The van der Waals surface area contributed by atoms with E-state index in [2.05, 4.69) is 9.71 Å². The molecule has 1 unspecified atom stereocenters. The fourth-order valence-electron chi connectivity index (χ4n) is 1.55. The monoisotopic (exact) mass is 320 g/mol. The molecule has 0 saturated heterocycles. The largest absolute Gasteiger partial charge is 0.475 e. The van der Waals surface area contributed by atoms with Crippen molar-refractivity contribution in [2.24, 2.45) is 5.92 Å². The Hall–Kier alpha value is -0.850. The Morgan fingerprint density at radius 2 is 2.10 bits per heavy atom. The van der Waals surface area contributed by atoms with Gasteiger partial charge in [0.15, 0.2) is 0 Å². The molecule has 1 N–H and O–H groups in total. The summed E-state index contributed by atoms with van der Waals surface area (Å²) in [6.45, 7) is 5.74. The number of nitrogens with one attached hydrogen (secondary N) is 1. The number of nitrogens with zero attached hydrogens (tertiary/aromatic N) is 1. The van der Waals surface area contributed by atoms with Crippen molar-refractivity contribution in [2.45, 2.75) is 33.4 Å². The lowest BCUT2D eigenvalue weighted by Crippen LogP contribution is -2.29. The molecule has 0 aliphatic heterocycles. The Bertz CT molecular complexity index is 520. The van der Waals surface area contributed by atoms with E-state index in [1.165, 1.54) is 0 Å². The number of hydrogen-bond donors (Lipinski definition) is 1. The maximum atomic E-state index is 11.9. The fraction of sp³-hybridized carbons (Fsp3) is 0.615. The number of rotatable bonds is 8. The van der Waals surface area contributed by atoms with Gasteiger partial charge in [0.05, 0.1) is 11.9 Å². The number of aromatic nitrogens is 1. The number of alkyl halides is 1. The van der Waals surface area contributed by atoms with Gasteiger partial charge in [-0.1, -0.05) is 13.0 Å². The minimum atomic E-state index is -3.35. The highest BCUT2D eigenvalue weighted by atomic mass is 35.5. The van der Waals surface area contributed by atoms with Gasteiger partial charge in [0, 0.05) is 24.2 Å². The van der Waals surface area contributed by atoms with E-state index in [0.717, 1.165) is 0 Å². The van der Waals surface area contributed by atoms with Gasteiger partial charge in [-0.05, 0) is 25.8 Å². The van der Waals surface area contributed by atoms with Gasteiger partial charge in [0.2, 0.25) is 15.9 Å². The summed E-state index contributed by atoms with van der Waals surface area (Å²) >= 11 is 5.64. The van der Waals surface area contributed by atoms with Crippen LogP contribution in [0.15, 0.2) is 18.3 Å². The average Bonchev–Trinajstić information content (AvgIpc) is 2.36. The van der Waals surface area contributed by atoms with Crippen molar-refractivity contribution in [3.8, 4) is 5.88 Å². The van der Waals surface area contributed by atoms with E-state index in [9.17, 15) is 8.42 Å². The third-order valence-electron chi connectivity index (χ3n) is 2.45. The molecule has 0 aromatic carbocycles. The van der Waals surface area contributed by atoms with Gasteiger partial charge in [-0.3, -0.25) is 0 Å². The first-order valence-corrected chi connectivity index (χ1v) is 8.66. The Labute approximate surface area is 125 Å². The lowest BCUT2D eigenvalue weighted by atomic mass is 10.3. The van der Waals surface area contributed by atoms with E-state index in [1.807, 2.05) is 13.8 Å². The van der Waals surface area contributed by atoms with Crippen LogP contribution in [0.2, 0.25) is 0 Å². The van der Waals surface area contributed by atoms with Crippen molar-refractivity contribution in [1.82, 2.24) is 9.71 Å². The second kappa shape index (κ2) is 7.81. The van der Waals surface area contributed by atoms with Crippen molar-refractivity contribution in [1.29, 1.82) is 0 Å². The summed E-state index contributed by atoms with van der Waals surface area (Å²) in [6, 6.07) is 3.54. The second-order valence-corrected chi connectivity index (χ2v) is 7.16. The number of pyridine rings is 1. The molecular formula is C13H21ClN2O3S. The third-order valence-corrected chi connectivity index (χ3v) is 4.57. The smallest absolute Gasteiger partial charge is 0.218 e. The SMILES string of the molecule is CC(CCl)CS(=O)(=O)NCc1cccnc1OC(C)C. The van der Waals surface area contributed by atoms with Crippen molar-refractivity contribution in [3.05, 3.63) is 23.9 Å². The van der Waals surface area contributed by atoms with Crippen LogP contribution in [0.1, 0.15) is 26.3 Å². The first kappa shape index (κ1) is 17.2. The van der Waals surface area contributed by atoms with Crippen LogP contribution in [0.25, 0.3) is 0 Å². The maximum Gasteiger partial charge on any atom is 0.218 e. The molecule has 0 bridgehead atoms. The summed E-state index contributed by atoms with van der Waals surface area (Å²) < 4.78 is 31.8. The highest BCUT2D eigenvalue weighted by molar-refractivity contribution is 7.89. The lowest BCUT2D eigenvalue weighted by Gasteiger charge is -2.14. The van der Waals surface area contributed by atoms with Crippen LogP contribution in [-0.4, -0.2) is 31.1 Å². The molecule has 0 fully saturated rings. The molecule has 0 radical (unpaired) electrons. The van der Waals surface area contributed by atoms with Gasteiger partial charge in [0.25, 0.3) is 0 Å². The molecule has 1 heterocycles. The van der Waals surface area contributed by atoms with Crippen molar-refractivity contribution >= 4 is 21.6 Å². The minimum absolute atomic E-state index is 0.0110. The third kappa shape index (κ3) is 6.07. The van der Waals surface area contributed by atoms with Gasteiger partial charge < -0.3 is 4.74 Å². The summed E-state index contributed by atoms with van der Waals surface area (Å²) in [6.07, 6.45) is 1.60. The zero-order valence-corrected chi connectivity index (χ0v) is 13.5. The summed E-state index contributed by atoms with van der Waals surface area (Å²) in [5, 5.41) is 0. The lowest BCUT2D eigenvalue weighted by molar-refractivity contribution is 0.230. The first-order chi connectivity index (χ1) is 9.34. The molecule has 1 aromatic heterocycles. The zero-order chi connectivity index (χ0) is 15.2. The van der Waals surface area contributed by atoms with Crippen molar-refractivity contribution < 1.29 is 13.2 Å². The van der Waals surface area contributed by atoms with Gasteiger partial charge in [-0.15, -0.1) is 11.6 Å². The van der Waals surface area contributed by atoms with Crippen LogP contribution in [0, 0.1) is 5.92 Å². The maximum absolute atomic E-state index is 11.9. The molecule has 1 atom stereocenters. The highest BCUT2D eigenvalue weighted by Crippen LogP contribution is 2.16. The van der Waals surface area contributed by atoms with Crippen LogP contribution < -0.4 is 9.46 Å². The van der Waals surface area contributed by atoms with Crippen LogP contribution in [0.3, 0.4) is 0 Å². The van der Waals surface area contributed by atoms with Crippen LogP contribution >= 0.6 is 11.6 Å². The number of halogens is 1. The number of ether oxygens (including phenoxy) is 1. The van der Waals surface area contributed by atoms with E-state index in [0.29, 0.717) is 17.3 Å². The van der Waals surface area contributed by atoms with Crippen molar-refractivity contribution in [3.63, 3.8) is 0 Å². The first-order valence-electron chi connectivity index (χ1n) is 6.48. The molecule has 7 heteroatoms. The second-order valence-electron chi connectivity index (χ2n) is 5.00. The molecule has 0 amide bonds. The standard InChI is InChI=1S/C13H21ClN2O3S/c1-10(2)19-13-12(5-4-6-15-13)8-16-20(17,18)9-11(3)7-14/h4-6,10-11,16H,7-9H2,1-3H3. The Kier molecular flexibility index (Phi) is 6.71. The van der Waals surface area contributed by atoms with E-state index in [1.54, 1.807) is 25.3 Å². The Morgan fingerprint density at radius 3 is 2.70 bits per heavy atom. The van der Waals surface area contributed by atoms with E-state index in [4.69, 9.17) is 16.3 Å². The summed E-state index contributed by atoms with van der Waals surface area (Å²) in [5.41, 5.74) is 0.711. The normalized spacial score (nSPS) is 13.4. The summed E-state index contributed by atoms with van der Waals surface area (Å²) in [5.74, 6) is 0.692. The molecule has 5 nitrogen and oxygen atoms in total. The molecule has 0 aliphatic carbocycles. The quantitative estimate of drug-likeness (QED) is 0.745. The Balaban J connectivity index is 2.70. The van der Waals surface area contributed by atoms with Crippen LogP contribution in [-0.2, 0) is 16.6 Å². The molecule has 20 heavy (non-hydrogen) atoms. The predicted octanol–water partition coefficient (Wildman–Crippen LogP) is 2.16. The molecule has 1 rings (SSSR count). The fourth-order valence-corrected chi connectivity index (χ4v) is 3.15. The van der Waals surface area contributed by atoms with Crippen LogP contribution in [0.4, 0.5) is 0 Å².